The average molecular weight is 301 g/mol. The Morgan fingerprint density at radius 1 is 1.24 bits per heavy atom. The van der Waals surface area contributed by atoms with Gasteiger partial charge in [-0.05, 0) is 54.0 Å². The van der Waals surface area contributed by atoms with Gasteiger partial charge in [0.25, 0.3) is 0 Å². The summed E-state index contributed by atoms with van der Waals surface area (Å²) in [7, 11) is 0. The van der Waals surface area contributed by atoms with Crippen LogP contribution in [0.25, 0.3) is 10.1 Å². The maximum Gasteiger partial charge on any atom is 0.0345 e. The molecule has 2 atom stereocenters. The van der Waals surface area contributed by atoms with Crippen molar-refractivity contribution in [2.75, 3.05) is 0 Å². The summed E-state index contributed by atoms with van der Waals surface area (Å²) >= 11 is 1.86. The molecule has 0 bridgehead atoms. The molecule has 2 heteroatoms. The Kier molecular flexibility index (Phi) is 4.66. The van der Waals surface area contributed by atoms with Crippen LogP contribution in [-0.2, 0) is 6.42 Å². The lowest BCUT2D eigenvalue weighted by Gasteiger charge is -2.28. The maximum atomic E-state index is 6.80. The number of rotatable bonds is 4. The zero-order chi connectivity index (χ0) is 14.7. The number of nitrogens with two attached hydrogens (primary N) is 1. The Labute approximate surface area is 132 Å². The molecule has 1 aliphatic carbocycles. The second-order valence-corrected chi connectivity index (χ2v) is 7.79. The second kappa shape index (κ2) is 6.50. The number of benzene rings is 1. The first kappa shape index (κ1) is 15.1. The molecule has 2 unspecified atom stereocenters. The first-order chi connectivity index (χ1) is 10.2. The molecule has 21 heavy (non-hydrogen) atoms. The summed E-state index contributed by atoms with van der Waals surface area (Å²) in [5.41, 5.74) is 8.29. The highest BCUT2D eigenvalue weighted by Crippen LogP contribution is 2.35. The predicted molar refractivity (Wildman–Crippen MR) is 93.9 cm³/mol. The number of fused-ring (bicyclic) bond motifs is 1. The van der Waals surface area contributed by atoms with E-state index in [9.17, 15) is 0 Å². The largest absolute Gasteiger partial charge is 0.325 e. The second-order valence-electron chi connectivity index (χ2n) is 6.88. The van der Waals surface area contributed by atoms with Crippen molar-refractivity contribution in [1.82, 2.24) is 0 Å². The summed E-state index contributed by atoms with van der Waals surface area (Å²) in [6.07, 6.45) is 10.2. The fourth-order valence-electron chi connectivity index (χ4n) is 3.93. The molecule has 0 saturated heterocycles. The SMILES string of the molecule is CCCC1CCCC(N)(Cc2csc3ccccc23)CC1. The van der Waals surface area contributed by atoms with Gasteiger partial charge in [-0.1, -0.05) is 50.8 Å². The van der Waals surface area contributed by atoms with Crippen LogP contribution in [0.2, 0.25) is 0 Å². The van der Waals surface area contributed by atoms with Crippen LogP contribution in [0.5, 0.6) is 0 Å². The molecule has 2 aromatic rings. The van der Waals surface area contributed by atoms with Crippen LogP contribution in [0.4, 0.5) is 0 Å². The number of thiophene rings is 1. The first-order valence-corrected chi connectivity index (χ1v) is 9.32. The van der Waals surface area contributed by atoms with Crippen molar-refractivity contribution in [3.63, 3.8) is 0 Å². The van der Waals surface area contributed by atoms with Crippen LogP contribution in [0.3, 0.4) is 0 Å². The smallest absolute Gasteiger partial charge is 0.0345 e. The number of hydrogen-bond donors (Lipinski definition) is 1. The maximum absolute atomic E-state index is 6.80. The molecule has 1 heterocycles. The molecular weight excluding hydrogens is 274 g/mol. The summed E-state index contributed by atoms with van der Waals surface area (Å²) in [5.74, 6) is 0.916. The molecule has 1 fully saturated rings. The van der Waals surface area contributed by atoms with Gasteiger partial charge in [0.05, 0.1) is 0 Å². The van der Waals surface area contributed by atoms with Gasteiger partial charge in [0.15, 0.2) is 0 Å². The highest BCUT2D eigenvalue weighted by Gasteiger charge is 2.30. The molecule has 114 valence electrons. The van der Waals surface area contributed by atoms with Gasteiger partial charge in [-0.2, -0.15) is 0 Å². The van der Waals surface area contributed by atoms with Gasteiger partial charge in [0, 0.05) is 10.2 Å². The van der Waals surface area contributed by atoms with E-state index in [4.69, 9.17) is 5.73 Å². The van der Waals surface area contributed by atoms with Crippen LogP contribution in [-0.4, -0.2) is 5.54 Å². The third-order valence-corrected chi connectivity index (χ3v) is 6.15. The van der Waals surface area contributed by atoms with Gasteiger partial charge in [-0.25, -0.2) is 0 Å². The van der Waals surface area contributed by atoms with Crippen LogP contribution in [0.15, 0.2) is 29.6 Å². The molecule has 0 amide bonds. The van der Waals surface area contributed by atoms with Gasteiger partial charge in [-0.3, -0.25) is 0 Å². The fourth-order valence-corrected chi connectivity index (χ4v) is 4.89. The van der Waals surface area contributed by atoms with Crippen molar-refractivity contribution in [3.05, 3.63) is 35.2 Å². The molecule has 0 spiro atoms. The lowest BCUT2D eigenvalue weighted by atomic mass is 9.84. The highest BCUT2D eigenvalue weighted by molar-refractivity contribution is 7.17. The number of hydrogen-bond acceptors (Lipinski definition) is 2. The summed E-state index contributed by atoms with van der Waals surface area (Å²) in [6.45, 7) is 2.30. The zero-order valence-electron chi connectivity index (χ0n) is 13.1. The molecule has 3 rings (SSSR count). The van der Waals surface area contributed by atoms with Crippen molar-refractivity contribution in [2.24, 2.45) is 11.7 Å². The molecule has 1 nitrogen and oxygen atoms in total. The quantitative estimate of drug-likeness (QED) is 0.739. The third-order valence-electron chi connectivity index (χ3n) is 5.14. The van der Waals surface area contributed by atoms with Gasteiger partial charge in [0.1, 0.15) is 0 Å². The van der Waals surface area contributed by atoms with E-state index >= 15 is 0 Å². The minimum Gasteiger partial charge on any atom is -0.325 e. The van der Waals surface area contributed by atoms with Gasteiger partial charge in [-0.15, -0.1) is 11.3 Å². The van der Waals surface area contributed by atoms with E-state index in [1.54, 1.807) is 0 Å². The summed E-state index contributed by atoms with van der Waals surface area (Å²) < 4.78 is 1.40. The van der Waals surface area contributed by atoms with Crippen molar-refractivity contribution < 1.29 is 0 Å². The Balaban J connectivity index is 1.74. The molecule has 1 aromatic heterocycles. The van der Waals surface area contributed by atoms with Crippen molar-refractivity contribution >= 4 is 21.4 Å². The lowest BCUT2D eigenvalue weighted by molar-refractivity contribution is 0.356. The zero-order valence-corrected chi connectivity index (χ0v) is 13.9. The van der Waals surface area contributed by atoms with E-state index in [0.717, 1.165) is 12.3 Å². The Morgan fingerprint density at radius 2 is 2.10 bits per heavy atom. The summed E-state index contributed by atoms with van der Waals surface area (Å²) in [6, 6.07) is 8.74. The molecular formula is C19H27NS. The summed E-state index contributed by atoms with van der Waals surface area (Å²) in [4.78, 5) is 0. The lowest BCUT2D eigenvalue weighted by Crippen LogP contribution is -2.41. The molecule has 1 aromatic carbocycles. The van der Waals surface area contributed by atoms with Crippen LogP contribution >= 0.6 is 11.3 Å². The van der Waals surface area contributed by atoms with E-state index in [1.807, 2.05) is 11.3 Å². The molecule has 1 saturated carbocycles. The average Bonchev–Trinajstić information content (AvgIpc) is 2.78. The minimum atomic E-state index is 0.0202. The van der Waals surface area contributed by atoms with Crippen molar-refractivity contribution in [3.8, 4) is 0 Å². The Hall–Kier alpha value is -0.860. The summed E-state index contributed by atoms with van der Waals surface area (Å²) in [5, 5.41) is 3.75. The van der Waals surface area contributed by atoms with E-state index in [1.165, 1.54) is 60.6 Å². The van der Waals surface area contributed by atoms with Gasteiger partial charge >= 0.3 is 0 Å². The van der Waals surface area contributed by atoms with Gasteiger partial charge < -0.3 is 5.73 Å². The van der Waals surface area contributed by atoms with Crippen LogP contribution in [0.1, 0.15) is 57.4 Å². The molecule has 1 aliphatic rings. The predicted octanol–water partition coefficient (Wildman–Crippen LogP) is 5.52. The standard InChI is InChI=1S/C19H27NS/c1-2-6-15-7-5-11-19(20,12-10-15)13-16-14-21-18-9-4-3-8-17(16)18/h3-4,8-9,14-15H,2,5-7,10-13,20H2,1H3. The highest BCUT2D eigenvalue weighted by atomic mass is 32.1. The van der Waals surface area contributed by atoms with Gasteiger partial charge in [0.2, 0.25) is 0 Å². The topological polar surface area (TPSA) is 26.0 Å². The van der Waals surface area contributed by atoms with Crippen LogP contribution in [0, 0.1) is 5.92 Å². The first-order valence-electron chi connectivity index (χ1n) is 8.44. The molecule has 2 N–H and O–H groups in total. The minimum absolute atomic E-state index is 0.0202. The fraction of sp³-hybridized carbons (Fsp3) is 0.579. The van der Waals surface area contributed by atoms with Crippen molar-refractivity contribution in [1.29, 1.82) is 0 Å². The van der Waals surface area contributed by atoms with Crippen molar-refractivity contribution in [2.45, 2.75) is 63.8 Å². The third kappa shape index (κ3) is 3.49. The van der Waals surface area contributed by atoms with Crippen LogP contribution < -0.4 is 5.73 Å². The van der Waals surface area contributed by atoms with E-state index < -0.39 is 0 Å². The monoisotopic (exact) mass is 301 g/mol. The normalized spacial score (nSPS) is 26.9. The van der Waals surface area contributed by atoms with E-state index in [0.29, 0.717) is 0 Å². The molecule has 0 aliphatic heterocycles. The van der Waals surface area contributed by atoms with E-state index in [2.05, 4.69) is 36.6 Å². The molecule has 0 radical (unpaired) electrons. The van der Waals surface area contributed by atoms with E-state index in [-0.39, 0.29) is 5.54 Å². The Bertz CT molecular complexity index is 588. The Morgan fingerprint density at radius 3 is 2.95 bits per heavy atom.